The minimum atomic E-state index is 0.431. The minimum Gasteiger partial charge on any atom is -0.497 e. The van der Waals surface area contributed by atoms with Crippen LogP contribution in [0.4, 0.5) is 0 Å². The number of hydrogen-bond acceptors (Lipinski definition) is 3. The number of fused-ring (bicyclic) bond motifs is 1. The van der Waals surface area contributed by atoms with Gasteiger partial charge in [0.2, 0.25) is 0 Å². The van der Waals surface area contributed by atoms with Gasteiger partial charge >= 0.3 is 0 Å². The van der Waals surface area contributed by atoms with Gasteiger partial charge in [-0.2, -0.15) is 0 Å². The Morgan fingerprint density at radius 1 is 1.19 bits per heavy atom. The van der Waals surface area contributed by atoms with Crippen molar-refractivity contribution >= 4 is 5.96 Å². The molecule has 2 aromatic rings. The number of methoxy groups -OCH3 is 1. The van der Waals surface area contributed by atoms with E-state index >= 15 is 0 Å². The molecule has 2 aromatic carbocycles. The van der Waals surface area contributed by atoms with Crippen LogP contribution in [-0.2, 0) is 6.54 Å². The molecule has 1 heterocycles. The molecule has 0 bridgehead atoms. The molecule has 0 fully saturated rings. The lowest BCUT2D eigenvalue weighted by atomic mass is 9.93. The maximum Gasteiger partial charge on any atom is 0.191 e. The van der Waals surface area contributed by atoms with E-state index in [-0.39, 0.29) is 0 Å². The second-order valence-electron chi connectivity index (χ2n) is 6.30. The highest BCUT2D eigenvalue weighted by molar-refractivity contribution is 5.79. The molecule has 138 valence electrons. The lowest BCUT2D eigenvalue weighted by molar-refractivity contribution is 0.267. The van der Waals surface area contributed by atoms with Gasteiger partial charge in [-0.15, -0.1) is 0 Å². The quantitative estimate of drug-likeness (QED) is 0.618. The van der Waals surface area contributed by atoms with E-state index in [2.05, 4.69) is 35.8 Å². The fourth-order valence-corrected chi connectivity index (χ4v) is 3.13. The summed E-state index contributed by atoms with van der Waals surface area (Å²) in [4.78, 5) is 4.71. The van der Waals surface area contributed by atoms with Gasteiger partial charge in [-0.25, -0.2) is 4.99 Å². The number of ether oxygens (including phenoxy) is 2. The summed E-state index contributed by atoms with van der Waals surface area (Å²) >= 11 is 0. The predicted octanol–water partition coefficient (Wildman–Crippen LogP) is 3.32. The van der Waals surface area contributed by atoms with E-state index in [9.17, 15) is 0 Å². The number of benzene rings is 2. The van der Waals surface area contributed by atoms with E-state index in [1.54, 1.807) is 7.11 Å². The summed E-state index contributed by atoms with van der Waals surface area (Å²) in [5.74, 6) is 3.12. The second-order valence-corrected chi connectivity index (χ2v) is 6.30. The van der Waals surface area contributed by atoms with Crippen molar-refractivity contribution in [1.82, 2.24) is 10.6 Å². The highest BCUT2D eigenvalue weighted by Crippen LogP contribution is 2.32. The second kappa shape index (κ2) is 9.13. The zero-order valence-electron chi connectivity index (χ0n) is 15.5. The topological polar surface area (TPSA) is 54.9 Å². The summed E-state index contributed by atoms with van der Waals surface area (Å²) in [6.45, 7) is 5.11. The van der Waals surface area contributed by atoms with Gasteiger partial charge in [0.25, 0.3) is 0 Å². The van der Waals surface area contributed by atoms with Crippen LogP contribution in [0.1, 0.15) is 30.4 Å². The fourth-order valence-electron chi connectivity index (χ4n) is 3.13. The number of para-hydroxylation sites is 1. The Kier molecular flexibility index (Phi) is 6.36. The van der Waals surface area contributed by atoms with Crippen molar-refractivity contribution in [3.05, 3.63) is 59.7 Å². The van der Waals surface area contributed by atoms with E-state index in [1.165, 1.54) is 5.56 Å². The average Bonchev–Trinajstić information content (AvgIpc) is 2.70. The van der Waals surface area contributed by atoms with Crippen molar-refractivity contribution < 1.29 is 9.47 Å². The Balaban J connectivity index is 1.63. The first-order chi connectivity index (χ1) is 12.8. The first kappa shape index (κ1) is 18.1. The molecular weight excluding hydrogens is 326 g/mol. The predicted molar refractivity (Wildman–Crippen MR) is 105 cm³/mol. The van der Waals surface area contributed by atoms with Crippen molar-refractivity contribution in [2.24, 2.45) is 4.99 Å². The highest BCUT2D eigenvalue weighted by Gasteiger charge is 2.21. The number of hydrogen-bond donors (Lipinski definition) is 2. The molecule has 26 heavy (non-hydrogen) atoms. The number of nitrogens with one attached hydrogen (secondary N) is 2. The molecule has 0 amide bonds. The molecule has 1 aliphatic heterocycles. The third kappa shape index (κ3) is 4.69. The molecule has 0 saturated carbocycles. The summed E-state index contributed by atoms with van der Waals surface area (Å²) in [5.41, 5.74) is 2.40. The zero-order valence-corrected chi connectivity index (χ0v) is 15.5. The molecular formula is C21H27N3O2. The number of guanidine groups is 1. The van der Waals surface area contributed by atoms with E-state index in [0.717, 1.165) is 49.1 Å². The van der Waals surface area contributed by atoms with E-state index in [4.69, 9.17) is 14.5 Å². The maximum absolute atomic E-state index is 5.75. The Bertz CT molecular complexity index is 746. The number of rotatable bonds is 6. The Morgan fingerprint density at radius 3 is 2.92 bits per heavy atom. The van der Waals surface area contributed by atoms with Gasteiger partial charge in [0.15, 0.2) is 5.96 Å². The number of nitrogens with zero attached hydrogens (tertiary/aromatic N) is 1. The first-order valence-corrected chi connectivity index (χ1v) is 9.17. The zero-order chi connectivity index (χ0) is 18.2. The molecule has 5 nitrogen and oxygen atoms in total. The van der Waals surface area contributed by atoms with Crippen molar-refractivity contribution in [3.63, 3.8) is 0 Å². The summed E-state index contributed by atoms with van der Waals surface area (Å²) in [7, 11) is 1.68. The summed E-state index contributed by atoms with van der Waals surface area (Å²) in [5, 5.41) is 6.80. The Morgan fingerprint density at radius 2 is 2.08 bits per heavy atom. The summed E-state index contributed by atoms with van der Waals surface area (Å²) in [6.07, 6.45) is 1.01. The Hall–Kier alpha value is -2.69. The lowest BCUT2D eigenvalue weighted by Gasteiger charge is -2.26. The van der Waals surface area contributed by atoms with Crippen LogP contribution < -0.4 is 20.1 Å². The average molecular weight is 353 g/mol. The Labute approximate surface area is 155 Å². The molecule has 5 heteroatoms. The standard InChI is InChI=1S/C21H27N3O2/c1-3-22-21(23-14-16-7-6-8-18(13-16)25-2)24-15-17-11-12-26-20-10-5-4-9-19(17)20/h4-10,13,17H,3,11-12,14-15H2,1-2H3,(H2,22,23,24). The normalized spacial score (nSPS) is 16.4. The van der Waals surface area contributed by atoms with E-state index in [1.807, 2.05) is 30.3 Å². The van der Waals surface area contributed by atoms with Gasteiger partial charge in [-0.05, 0) is 42.7 Å². The van der Waals surface area contributed by atoms with Crippen molar-refractivity contribution in [2.45, 2.75) is 25.8 Å². The maximum atomic E-state index is 5.75. The van der Waals surface area contributed by atoms with Gasteiger partial charge in [-0.3, -0.25) is 0 Å². The summed E-state index contributed by atoms with van der Waals surface area (Å²) < 4.78 is 11.0. The van der Waals surface area contributed by atoms with Crippen LogP contribution in [-0.4, -0.2) is 32.8 Å². The van der Waals surface area contributed by atoms with Crippen molar-refractivity contribution in [2.75, 3.05) is 26.8 Å². The molecule has 0 aliphatic carbocycles. The van der Waals surface area contributed by atoms with Crippen LogP contribution in [0.25, 0.3) is 0 Å². The van der Waals surface area contributed by atoms with Crippen LogP contribution in [0.5, 0.6) is 11.5 Å². The van der Waals surface area contributed by atoms with Gasteiger partial charge in [-0.1, -0.05) is 30.3 Å². The first-order valence-electron chi connectivity index (χ1n) is 9.17. The molecule has 0 radical (unpaired) electrons. The third-order valence-electron chi connectivity index (χ3n) is 4.50. The van der Waals surface area contributed by atoms with Crippen LogP contribution in [0.2, 0.25) is 0 Å². The molecule has 1 aliphatic rings. The van der Waals surface area contributed by atoms with Crippen LogP contribution >= 0.6 is 0 Å². The SMILES string of the molecule is CCNC(=NCc1cccc(OC)c1)NCC1CCOc2ccccc21. The number of aliphatic imine (C=N–C) groups is 1. The van der Waals surface area contributed by atoms with Gasteiger partial charge in [0.05, 0.1) is 20.3 Å². The largest absolute Gasteiger partial charge is 0.497 e. The highest BCUT2D eigenvalue weighted by atomic mass is 16.5. The van der Waals surface area contributed by atoms with E-state index in [0.29, 0.717) is 12.5 Å². The van der Waals surface area contributed by atoms with Crippen LogP contribution in [0, 0.1) is 0 Å². The molecule has 2 N–H and O–H groups in total. The molecule has 1 unspecified atom stereocenters. The molecule has 0 aromatic heterocycles. The minimum absolute atomic E-state index is 0.431. The molecule has 0 saturated heterocycles. The van der Waals surface area contributed by atoms with Crippen LogP contribution in [0.15, 0.2) is 53.5 Å². The third-order valence-corrected chi connectivity index (χ3v) is 4.50. The van der Waals surface area contributed by atoms with Gasteiger partial charge in [0.1, 0.15) is 11.5 Å². The molecule has 3 rings (SSSR count). The lowest BCUT2D eigenvalue weighted by Crippen LogP contribution is -2.40. The van der Waals surface area contributed by atoms with Crippen LogP contribution in [0.3, 0.4) is 0 Å². The van der Waals surface area contributed by atoms with Crippen molar-refractivity contribution in [1.29, 1.82) is 0 Å². The smallest absolute Gasteiger partial charge is 0.191 e. The van der Waals surface area contributed by atoms with E-state index < -0.39 is 0 Å². The van der Waals surface area contributed by atoms with Gasteiger partial charge in [0, 0.05) is 19.0 Å². The van der Waals surface area contributed by atoms with Crippen molar-refractivity contribution in [3.8, 4) is 11.5 Å². The summed E-state index contributed by atoms with van der Waals surface area (Å²) in [6, 6.07) is 16.3. The fraction of sp³-hybridized carbons (Fsp3) is 0.381. The molecule has 1 atom stereocenters. The van der Waals surface area contributed by atoms with Gasteiger partial charge < -0.3 is 20.1 Å². The molecule has 0 spiro atoms. The monoisotopic (exact) mass is 353 g/mol.